The summed E-state index contributed by atoms with van der Waals surface area (Å²) >= 11 is 0. The zero-order valence-corrected chi connectivity index (χ0v) is 12.2. The van der Waals surface area contributed by atoms with E-state index in [0.29, 0.717) is 11.7 Å². The van der Waals surface area contributed by atoms with Gasteiger partial charge in [-0.3, -0.25) is 0 Å². The van der Waals surface area contributed by atoms with Gasteiger partial charge in [-0.2, -0.15) is 5.10 Å². The highest BCUT2D eigenvalue weighted by Crippen LogP contribution is 2.23. The molecule has 2 N–H and O–H groups in total. The summed E-state index contributed by atoms with van der Waals surface area (Å²) < 4.78 is 0. The number of anilines is 2. The molecular formula is C15H20N6. The molecule has 0 aromatic carbocycles. The number of nitrogens with zero attached hydrogens (tertiary/aromatic N) is 5. The molecule has 2 aromatic rings. The summed E-state index contributed by atoms with van der Waals surface area (Å²) in [7, 11) is 0. The minimum absolute atomic E-state index is 0.473. The lowest BCUT2D eigenvalue weighted by Gasteiger charge is -2.33. The number of aryl methyl sites for hydroxylation is 1. The average molecular weight is 284 g/mol. The molecule has 110 valence electrons. The Morgan fingerprint density at radius 2 is 2.19 bits per heavy atom. The number of rotatable bonds is 3. The van der Waals surface area contributed by atoms with Crippen molar-refractivity contribution in [2.45, 2.75) is 26.2 Å². The van der Waals surface area contributed by atoms with Crippen molar-refractivity contribution >= 4 is 11.6 Å². The predicted octanol–water partition coefficient (Wildman–Crippen LogP) is 1.62. The lowest BCUT2D eigenvalue weighted by Crippen LogP contribution is -2.37. The predicted molar refractivity (Wildman–Crippen MR) is 81.9 cm³/mol. The number of piperidine rings is 1. The van der Waals surface area contributed by atoms with Crippen molar-refractivity contribution in [1.82, 2.24) is 20.2 Å². The van der Waals surface area contributed by atoms with Crippen LogP contribution in [0.25, 0.3) is 0 Å². The van der Waals surface area contributed by atoms with Gasteiger partial charge in [0.2, 0.25) is 0 Å². The largest absolute Gasteiger partial charge is 0.382 e. The smallest absolute Gasteiger partial charge is 0.146 e. The van der Waals surface area contributed by atoms with Crippen LogP contribution in [0, 0.1) is 12.8 Å². The van der Waals surface area contributed by atoms with Gasteiger partial charge in [0.15, 0.2) is 0 Å². The number of aromatic nitrogens is 4. The standard InChI is InChI=1S/C15H20N6/c1-11-7-15(18-10-17-11)21-6-2-3-12(9-21)8-13-4-5-14(16)20-19-13/h4-5,7,10,12H,2-3,6,8-9H2,1H3,(H2,16,20). The van der Waals surface area contributed by atoms with E-state index in [1.165, 1.54) is 12.8 Å². The highest BCUT2D eigenvalue weighted by Gasteiger charge is 2.21. The Balaban J connectivity index is 1.67. The van der Waals surface area contributed by atoms with Crippen LogP contribution in [0.5, 0.6) is 0 Å². The third-order valence-electron chi connectivity index (χ3n) is 3.87. The molecule has 0 saturated carbocycles. The molecule has 2 aromatic heterocycles. The molecule has 1 saturated heterocycles. The molecule has 6 nitrogen and oxygen atoms in total. The van der Waals surface area contributed by atoms with Gasteiger partial charge in [-0.1, -0.05) is 0 Å². The van der Waals surface area contributed by atoms with Crippen LogP contribution in [0.15, 0.2) is 24.5 Å². The van der Waals surface area contributed by atoms with Crippen LogP contribution in [0.3, 0.4) is 0 Å². The van der Waals surface area contributed by atoms with Crippen LogP contribution in [-0.2, 0) is 6.42 Å². The minimum atomic E-state index is 0.473. The third-order valence-corrected chi connectivity index (χ3v) is 3.87. The molecule has 3 heterocycles. The molecule has 0 spiro atoms. The van der Waals surface area contributed by atoms with E-state index < -0.39 is 0 Å². The van der Waals surface area contributed by atoms with Crippen LogP contribution < -0.4 is 10.6 Å². The van der Waals surface area contributed by atoms with Gasteiger partial charge in [-0.05, 0) is 44.2 Å². The Bertz CT molecular complexity index is 597. The summed E-state index contributed by atoms with van der Waals surface area (Å²) in [5.74, 6) is 2.07. The number of nitrogens with two attached hydrogens (primary N) is 1. The monoisotopic (exact) mass is 284 g/mol. The fraction of sp³-hybridized carbons (Fsp3) is 0.467. The number of hydrogen-bond donors (Lipinski definition) is 1. The summed E-state index contributed by atoms with van der Waals surface area (Å²) in [4.78, 5) is 10.9. The maximum atomic E-state index is 5.58. The van der Waals surface area contributed by atoms with Crippen molar-refractivity contribution < 1.29 is 0 Å². The van der Waals surface area contributed by atoms with Crippen molar-refractivity contribution in [3.05, 3.63) is 35.9 Å². The summed E-state index contributed by atoms with van der Waals surface area (Å²) in [5.41, 5.74) is 7.59. The Kier molecular flexibility index (Phi) is 3.94. The SMILES string of the molecule is Cc1cc(N2CCCC(Cc3ccc(N)nn3)C2)ncn1. The van der Waals surface area contributed by atoms with Crippen LogP contribution >= 0.6 is 0 Å². The van der Waals surface area contributed by atoms with Crippen molar-refractivity contribution in [1.29, 1.82) is 0 Å². The van der Waals surface area contributed by atoms with Crippen LogP contribution in [0.4, 0.5) is 11.6 Å². The van der Waals surface area contributed by atoms with Crippen LogP contribution in [0.2, 0.25) is 0 Å². The third kappa shape index (κ3) is 3.45. The lowest BCUT2D eigenvalue weighted by molar-refractivity contribution is 0.407. The highest BCUT2D eigenvalue weighted by atomic mass is 15.2. The molecule has 1 unspecified atom stereocenters. The Hall–Kier alpha value is -2.24. The summed E-state index contributed by atoms with van der Waals surface area (Å²) in [6, 6.07) is 5.83. The van der Waals surface area contributed by atoms with E-state index in [4.69, 9.17) is 5.73 Å². The van der Waals surface area contributed by atoms with Gasteiger partial charge < -0.3 is 10.6 Å². The highest BCUT2D eigenvalue weighted by molar-refractivity contribution is 5.39. The fourth-order valence-corrected chi connectivity index (χ4v) is 2.83. The van der Waals surface area contributed by atoms with Gasteiger partial charge in [0.25, 0.3) is 0 Å². The molecular weight excluding hydrogens is 264 g/mol. The van der Waals surface area contributed by atoms with Gasteiger partial charge in [-0.15, -0.1) is 5.10 Å². The molecule has 3 rings (SSSR count). The summed E-state index contributed by atoms with van der Waals surface area (Å²) in [6.07, 6.45) is 4.97. The first kappa shape index (κ1) is 13.7. The van der Waals surface area contributed by atoms with Crippen molar-refractivity contribution in [3.8, 4) is 0 Å². The van der Waals surface area contributed by atoms with Gasteiger partial charge in [-0.25, -0.2) is 9.97 Å². The Morgan fingerprint density at radius 1 is 1.29 bits per heavy atom. The van der Waals surface area contributed by atoms with Crippen LogP contribution in [0.1, 0.15) is 24.2 Å². The van der Waals surface area contributed by atoms with E-state index in [9.17, 15) is 0 Å². The first-order valence-corrected chi connectivity index (χ1v) is 7.32. The molecule has 0 aliphatic carbocycles. The number of nitrogen functional groups attached to an aromatic ring is 1. The first-order chi connectivity index (χ1) is 10.2. The minimum Gasteiger partial charge on any atom is -0.382 e. The lowest BCUT2D eigenvalue weighted by atomic mass is 9.93. The van der Waals surface area contributed by atoms with E-state index in [1.807, 2.05) is 25.1 Å². The van der Waals surface area contributed by atoms with Crippen molar-refractivity contribution in [3.63, 3.8) is 0 Å². The fourth-order valence-electron chi connectivity index (χ4n) is 2.83. The van der Waals surface area contributed by atoms with Crippen LogP contribution in [-0.4, -0.2) is 33.3 Å². The van der Waals surface area contributed by atoms with Gasteiger partial charge >= 0.3 is 0 Å². The molecule has 0 amide bonds. The zero-order valence-electron chi connectivity index (χ0n) is 12.2. The maximum Gasteiger partial charge on any atom is 0.146 e. The zero-order chi connectivity index (χ0) is 14.7. The van der Waals surface area contributed by atoms with Gasteiger partial charge in [0, 0.05) is 24.8 Å². The molecule has 1 aliphatic heterocycles. The summed E-state index contributed by atoms with van der Waals surface area (Å²) in [6.45, 7) is 4.06. The number of hydrogen-bond acceptors (Lipinski definition) is 6. The summed E-state index contributed by atoms with van der Waals surface area (Å²) in [5, 5.41) is 8.09. The van der Waals surface area contributed by atoms with Gasteiger partial charge in [0.05, 0.1) is 5.69 Å². The average Bonchev–Trinajstić information content (AvgIpc) is 2.50. The molecule has 1 fully saturated rings. The van der Waals surface area contributed by atoms with Gasteiger partial charge in [0.1, 0.15) is 18.0 Å². The quantitative estimate of drug-likeness (QED) is 0.922. The maximum absolute atomic E-state index is 5.58. The molecule has 1 aliphatic rings. The second-order valence-electron chi connectivity index (χ2n) is 5.63. The molecule has 6 heteroatoms. The second kappa shape index (κ2) is 6.03. The van der Waals surface area contributed by atoms with E-state index in [2.05, 4.69) is 25.1 Å². The molecule has 21 heavy (non-hydrogen) atoms. The molecule has 0 radical (unpaired) electrons. The van der Waals surface area contributed by atoms with Crippen molar-refractivity contribution in [2.24, 2.45) is 5.92 Å². The Labute approximate surface area is 124 Å². The Morgan fingerprint density at radius 3 is 2.95 bits per heavy atom. The second-order valence-corrected chi connectivity index (χ2v) is 5.63. The van der Waals surface area contributed by atoms with E-state index >= 15 is 0 Å². The molecule has 1 atom stereocenters. The topological polar surface area (TPSA) is 80.8 Å². The van der Waals surface area contributed by atoms with E-state index in [1.54, 1.807) is 6.33 Å². The van der Waals surface area contributed by atoms with Crippen molar-refractivity contribution in [2.75, 3.05) is 23.7 Å². The molecule has 0 bridgehead atoms. The van der Waals surface area contributed by atoms with E-state index in [0.717, 1.165) is 36.7 Å². The normalized spacial score (nSPS) is 18.7. The first-order valence-electron chi connectivity index (χ1n) is 7.32. The van der Waals surface area contributed by atoms with E-state index in [-0.39, 0.29) is 0 Å².